The minimum Gasteiger partial charge on any atom is -0.451 e. The average molecular weight is 390 g/mol. The Morgan fingerprint density at radius 2 is 1.83 bits per heavy atom. The van der Waals surface area contributed by atoms with Crippen LogP contribution in [0.1, 0.15) is 47.0 Å². The van der Waals surface area contributed by atoms with E-state index in [0.29, 0.717) is 17.5 Å². The topological polar surface area (TPSA) is 62.6 Å². The van der Waals surface area contributed by atoms with Crippen LogP contribution < -0.4 is 10.7 Å². The zero-order valence-electron chi connectivity index (χ0n) is 16.7. The van der Waals surface area contributed by atoms with E-state index in [0.717, 1.165) is 18.7 Å². The molecule has 0 unspecified atom stereocenters. The molecule has 1 aliphatic heterocycles. The molecule has 1 aliphatic rings. The lowest BCUT2D eigenvalue weighted by atomic mass is 10.0. The van der Waals surface area contributed by atoms with Crippen molar-refractivity contribution in [2.24, 2.45) is 0 Å². The van der Waals surface area contributed by atoms with E-state index < -0.39 is 0 Å². The van der Waals surface area contributed by atoms with Gasteiger partial charge in [0.2, 0.25) is 0 Å². The van der Waals surface area contributed by atoms with Crippen LogP contribution in [0.15, 0.2) is 63.8 Å². The van der Waals surface area contributed by atoms with Crippen molar-refractivity contribution in [3.8, 4) is 0 Å². The van der Waals surface area contributed by atoms with E-state index >= 15 is 0 Å². The van der Waals surface area contributed by atoms with E-state index in [2.05, 4.69) is 22.3 Å². The Kier molecular flexibility index (Phi) is 5.76. The first-order valence-electron chi connectivity index (χ1n) is 10.2. The third-order valence-electron chi connectivity index (χ3n) is 5.58. The van der Waals surface area contributed by atoms with Gasteiger partial charge in [0.25, 0.3) is 5.91 Å². The number of piperidine rings is 1. The summed E-state index contributed by atoms with van der Waals surface area (Å²) in [6.07, 6.45) is 3.61. The Hall–Kier alpha value is -2.92. The number of aryl methyl sites for hydroxylation is 1. The molecular formula is C24H26N2O3. The van der Waals surface area contributed by atoms with Gasteiger partial charge in [-0.2, -0.15) is 0 Å². The second-order valence-corrected chi connectivity index (χ2v) is 7.71. The maximum absolute atomic E-state index is 12.8. The van der Waals surface area contributed by atoms with Gasteiger partial charge in [0.05, 0.1) is 11.4 Å². The van der Waals surface area contributed by atoms with Crippen molar-refractivity contribution in [2.75, 3.05) is 19.6 Å². The van der Waals surface area contributed by atoms with E-state index in [9.17, 15) is 9.59 Å². The number of nitrogens with zero attached hydrogens (tertiary/aromatic N) is 1. The Bertz CT molecular complexity index is 1050. The molecule has 2 aromatic carbocycles. The summed E-state index contributed by atoms with van der Waals surface area (Å²) < 4.78 is 5.72. The monoisotopic (exact) mass is 390 g/mol. The van der Waals surface area contributed by atoms with Crippen LogP contribution in [0, 0.1) is 6.92 Å². The SMILES string of the molecule is Cc1ccc2oc(C(=O)NC[C@@H](c3ccccc3)N3CCCCC3)cc(=O)c2c1. The standard InChI is InChI=1S/C24H26N2O3/c1-17-10-11-22-19(14-17)21(27)15-23(29-22)24(28)25-16-20(18-8-4-2-5-9-18)26-12-6-3-7-13-26/h2,4-5,8-11,14-15,20H,3,6-7,12-13,16H2,1H3,(H,25,28)/t20-/m0/s1. The number of amides is 1. The van der Waals surface area contributed by atoms with Gasteiger partial charge in [0, 0.05) is 12.6 Å². The molecule has 29 heavy (non-hydrogen) atoms. The highest BCUT2D eigenvalue weighted by molar-refractivity contribution is 5.93. The van der Waals surface area contributed by atoms with Crippen molar-refractivity contribution in [1.29, 1.82) is 0 Å². The fraction of sp³-hybridized carbons (Fsp3) is 0.333. The molecule has 3 aromatic rings. The zero-order chi connectivity index (χ0) is 20.2. The van der Waals surface area contributed by atoms with E-state index in [1.807, 2.05) is 31.2 Å². The molecule has 1 fully saturated rings. The van der Waals surface area contributed by atoms with Crippen molar-refractivity contribution in [3.05, 3.63) is 81.7 Å². The van der Waals surface area contributed by atoms with Gasteiger partial charge < -0.3 is 9.73 Å². The van der Waals surface area contributed by atoms with E-state index in [-0.39, 0.29) is 23.1 Å². The molecule has 0 bridgehead atoms. The molecular weight excluding hydrogens is 364 g/mol. The number of rotatable bonds is 5. The molecule has 1 amide bonds. The fourth-order valence-electron chi connectivity index (χ4n) is 4.02. The quantitative estimate of drug-likeness (QED) is 0.714. The number of benzene rings is 2. The van der Waals surface area contributed by atoms with Crippen LogP contribution in [-0.2, 0) is 0 Å². The van der Waals surface area contributed by atoms with Crippen molar-refractivity contribution >= 4 is 16.9 Å². The maximum atomic E-state index is 12.8. The lowest BCUT2D eigenvalue weighted by Gasteiger charge is -2.35. The molecule has 0 saturated carbocycles. The van der Waals surface area contributed by atoms with Crippen molar-refractivity contribution in [3.63, 3.8) is 0 Å². The number of hydrogen-bond donors (Lipinski definition) is 1. The number of likely N-dealkylation sites (tertiary alicyclic amines) is 1. The van der Waals surface area contributed by atoms with Gasteiger partial charge >= 0.3 is 0 Å². The summed E-state index contributed by atoms with van der Waals surface area (Å²) in [7, 11) is 0. The molecule has 4 rings (SSSR count). The zero-order valence-corrected chi connectivity index (χ0v) is 16.7. The molecule has 5 heteroatoms. The Morgan fingerprint density at radius 1 is 1.07 bits per heavy atom. The van der Waals surface area contributed by atoms with E-state index in [4.69, 9.17) is 4.42 Å². The summed E-state index contributed by atoms with van der Waals surface area (Å²) in [4.78, 5) is 27.6. The number of fused-ring (bicyclic) bond motifs is 1. The summed E-state index contributed by atoms with van der Waals surface area (Å²) in [6.45, 7) is 4.45. The smallest absolute Gasteiger partial charge is 0.287 e. The minimum atomic E-state index is -0.359. The molecule has 0 spiro atoms. The van der Waals surface area contributed by atoms with Gasteiger partial charge in [-0.3, -0.25) is 14.5 Å². The predicted molar refractivity (Wildman–Crippen MR) is 114 cm³/mol. The highest BCUT2D eigenvalue weighted by Crippen LogP contribution is 2.24. The first kappa shape index (κ1) is 19.4. The van der Waals surface area contributed by atoms with E-state index in [1.165, 1.54) is 30.9 Å². The van der Waals surface area contributed by atoms with Gasteiger partial charge in [0.15, 0.2) is 11.2 Å². The third-order valence-corrected chi connectivity index (χ3v) is 5.58. The van der Waals surface area contributed by atoms with Gasteiger partial charge in [-0.15, -0.1) is 0 Å². The van der Waals surface area contributed by atoms with Crippen LogP contribution >= 0.6 is 0 Å². The average Bonchev–Trinajstić information content (AvgIpc) is 2.75. The lowest BCUT2D eigenvalue weighted by molar-refractivity contribution is 0.0897. The van der Waals surface area contributed by atoms with Crippen LogP contribution in [0.4, 0.5) is 0 Å². The molecule has 0 radical (unpaired) electrons. The van der Waals surface area contributed by atoms with Gasteiger partial charge in [-0.1, -0.05) is 48.4 Å². The van der Waals surface area contributed by atoms with Gasteiger partial charge in [-0.05, 0) is 50.6 Å². The lowest BCUT2D eigenvalue weighted by Crippen LogP contribution is -2.40. The maximum Gasteiger partial charge on any atom is 0.287 e. The van der Waals surface area contributed by atoms with Crippen LogP contribution in [0.5, 0.6) is 0 Å². The molecule has 1 saturated heterocycles. The Balaban J connectivity index is 1.54. The molecule has 1 aromatic heterocycles. The molecule has 150 valence electrons. The largest absolute Gasteiger partial charge is 0.451 e. The molecule has 2 heterocycles. The molecule has 1 N–H and O–H groups in total. The normalized spacial score (nSPS) is 15.9. The summed E-state index contributed by atoms with van der Waals surface area (Å²) in [5.41, 5.74) is 2.40. The Morgan fingerprint density at radius 3 is 2.59 bits per heavy atom. The number of nitrogens with one attached hydrogen (secondary N) is 1. The summed E-state index contributed by atoms with van der Waals surface area (Å²) in [5.74, 6) is -0.306. The molecule has 5 nitrogen and oxygen atoms in total. The summed E-state index contributed by atoms with van der Waals surface area (Å²) in [5, 5.41) is 3.48. The number of hydrogen-bond acceptors (Lipinski definition) is 4. The van der Waals surface area contributed by atoms with Gasteiger partial charge in [-0.25, -0.2) is 0 Å². The second kappa shape index (κ2) is 8.62. The first-order chi connectivity index (χ1) is 14.1. The summed E-state index contributed by atoms with van der Waals surface area (Å²) in [6, 6.07) is 17.0. The third kappa shape index (κ3) is 4.40. The second-order valence-electron chi connectivity index (χ2n) is 7.71. The first-order valence-corrected chi connectivity index (χ1v) is 10.2. The van der Waals surface area contributed by atoms with E-state index in [1.54, 1.807) is 12.1 Å². The fourth-order valence-corrected chi connectivity index (χ4v) is 4.02. The van der Waals surface area contributed by atoms with Crippen LogP contribution in [0.3, 0.4) is 0 Å². The van der Waals surface area contributed by atoms with Crippen molar-refractivity contribution in [1.82, 2.24) is 10.2 Å². The van der Waals surface area contributed by atoms with Crippen LogP contribution in [0.2, 0.25) is 0 Å². The summed E-state index contributed by atoms with van der Waals surface area (Å²) >= 11 is 0. The highest BCUT2D eigenvalue weighted by Gasteiger charge is 2.23. The molecule has 0 aliphatic carbocycles. The van der Waals surface area contributed by atoms with Crippen molar-refractivity contribution in [2.45, 2.75) is 32.2 Å². The highest BCUT2D eigenvalue weighted by atomic mass is 16.3. The number of carbonyl (C=O) groups is 1. The number of carbonyl (C=O) groups excluding carboxylic acids is 1. The molecule has 1 atom stereocenters. The van der Waals surface area contributed by atoms with Gasteiger partial charge in [0.1, 0.15) is 5.58 Å². The minimum absolute atomic E-state index is 0.0526. The Labute approximate surface area is 170 Å². The van der Waals surface area contributed by atoms with Crippen molar-refractivity contribution < 1.29 is 9.21 Å². The van der Waals surface area contributed by atoms with Crippen LogP contribution in [-0.4, -0.2) is 30.4 Å². The predicted octanol–water partition coefficient (Wildman–Crippen LogP) is 4.06. The van der Waals surface area contributed by atoms with Crippen LogP contribution in [0.25, 0.3) is 11.0 Å².